The van der Waals surface area contributed by atoms with Crippen molar-refractivity contribution in [2.24, 2.45) is 0 Å². The average molecular weight is 372 g/mol. The summed E-state index contributed by atoms with van der Waals surface area (Å²) in [6.45, 7) is 21.8. The van der Waals surface area contributed by atoms with Gasteiger partial charge in [0.05, 0.1) is 10.9 Å². The molecule has 1 atom stereocenters. The fraction of sp³-hybridized carbons (Fsp3) is 0.280. The summed E-state index contributed by atoms with van der Waals surface area (Å²) < 4.78 is 0. The van der Waals surface area contributed by atoms with Crippen LogP contribution in [0.15, 0.2) is 107 Å². The predicted octanol–water partition coefficient (Wildman–Crippen LogP) is 8.64. The van der Waals surface area contributed by atoms with Gasteiger partial charge in [0.15, 0.2) is 14.7 Å². The highest BCUT2D eigenvalue weighted by atomic mass is 32.2. The Labute approximate surface area is 166 Å². The molecule has 0 heterocycles. The molecule has 1 rings (SSSR count). The number of benzene rings is 1. The van der Waals surface area contributed by atoms with Crippen molar-refractivity contribution in [1.82, 2.24) is 0 Å². The third kappa shape index (κ3) is 11.5. The number of hydrogen-bond acceptors (Lipinski definition) is 0. The molecule has 0 radical (unpaired) electrons. The summed E-state index contributed by atoms with van der Waals surface area (Å²) in [6.07, 6.45) is 15.0. The largest absolute Gasteiger partial charge is 0.166 e. The summed E-state index contributed by atoms with van der Waals surface area (Å²) >= 11 is 0. The van der Waals surface area contributed by atoms with Crippen molar-refractivity contribution in [2.45, 2.75) is 53.4 Å². The third-order valence-corrected chi connectivity index (χ3v) is 4.98. The molecule has 0 aliphatic rings. The van der Waals surface area contributed by atoms with Crippen LogP contribution in [-0.2, 0) is 10.9 Å². The van der Waals surface area contributed by atoms with Gasteiger partial charge in [-0.2, -0.15) is 0 Å². The standard InChI is InChI=1S/C19H21S.C3H8.C2H6.CH4/c1-5-9-14-18(8-4)20(17(7-3)13-6-2)19-15-11-10-12-16-19;1-3-2;1-2;/h5-16H,1-3H2,4H3;3H2,1-2H3;1-2H3;1H4/q+1;;;/b14-9-,17-13+,18-8+;;;. The molecule has 26 heavy (non-hydrogen) atoms. The lowest BCUT2D eigenvalue weighted by Crippen LogP contribution is -2.06. The molecule has 0 aliphatic heterocycles. The van der Waals surface area contributed by atoms with Crippen LogP contribution in [0.3, 0.4) is 0 Å². The zero-order valence-electron chi connectivity index (χ0n) is 16.7. The molecule has 1 aromatic carbocycles. The number of hydrogen-bond donors (Lipinski definition) is 0. The monoisotopic (exact) mass is 371 g/mol. The van der Waals surface area contributed by atoms with Crippen molar-refractivity contribution >= 4 is 10.9 Å². The highest BCUT2D eigenvalue weighted by Gasteiger charge is 2.29. The van der Waals surface area contributed by atoms with Gasteiger partial charge in [0.25, 0.3) is 0 Å². The fourth-order valence-corrected chi connectivity index (χ4v) is 3.84. The second-order valence-electron chi connectivity index (χ2n) is 4.62. The van der Waals surface area contributed by atoms with E-state index in [0.717, 1.165) is 4.91 Å². The molecule has 0 bridgehead atoms. The van der Waals surface area contributed by atoms with Crippen molar-refractivity contribution in [3.8, 4) is 0 Å². The second kappa shape index (κ2) is 21.1. The minimum absolute atomic E-state index is 0. The molecular weight excluding hydrogens is 332 g/mol. The Bertz CT molecular complexity index is 559. The van der Waals surface area contributed by atoms with E-state index in [1.807, 2.05) is 44.2 Å². The number of allylic oxidation sites excluding steroid dienone is 7. The first kappa shape index (κ1) is 28.8. The van der Waals surface area contributed by atoms with Crippen LogP contribution in [0.25, 0.3) is 0 Å². The lowest BCUT2D eigenvalue weighted by molar-refractivity contribution is 1.09. The molecule has 0 aliphatic carbocycles. The maximum Gasteiger partial charge on any atom is 0.166 e. The van der Waals surface area contributed by atoms with Crippen LogP contribution < -0.4 is 0 Å². The lowest BCUT2D eigenvalue weighted by atomic mass is 10.4. The Kier molecular flexibility index (Phi) is 23.3. The molecule has 0 saturated carbocycles. The van der Waals surface area contributed by atoms with Crippen LogP contribution in [0.2, 0.25) is 0 Å². The van der Waals surface area contributed by atoms with Gasteiger partial charge in [-0.05, 0) is 43.4 Å². The molecule has 0 fully saturated rings. The average Bonchev–Trinajstić information content (AvgIpc) is 2.67. The van der Waals surface area contributed by atoms with E-state index < -0.39 is 0 Å². The minimum atomic E-state index is -0.167. The molecule has 1 heteroatoms. The van der Waals surface area contributed by atoms with Crippen LogP contribution >= 0.6 is 0 Å². The zero-order valence-corrected chi connectivity index (χ0v) is 17.5. The van der Waals surface area contributed by atoms with Crippen molar-refractivity contribution < 1.29 is 0 Å². The summed E-state index contributed by atoms with van der Waals surface area (Å²) in [5.41, 5.74) is 0. The highest BCUT2D eigenvalue weighted by molar-refractivity contribution is 8.04. The fourth-order valence-electron chi connectivity index (χ4n) is 1.75. The number of rotatable bonds is 7. The Morgan fingerprint density at radius 1 is 0.962 bits per heavy atom. The van der Waals surface area contributed by atoms with E-state index in [4.69, 9.17) is 0 Å². The molecule has 0 saturated heterocycles. The van der Waals surface area contributed by atoms with Crippen molar-refractivity contribution in [3.63, 3.8) is 0 Å². The summed E-state index contributed by atoms with van der Waals surface area (Å²) in [4.78, 5) is 3.67. The molecule has 1 aromatic rings. The van der Waals surface area contributed by atoms with Crippen LogP contribution in [0.5, 0.6) is 0 Å². The van der Waals surface area contributed by atoms with Gasteiger partial charge in [0.1, 0.15) is 0 Å². The first-order chi connectivity index (χ1) is 12.2. The predicted molar refractivity (Wildman–Crippen MR) is 128 cm³/mol. The molecule has 144 valence electrons. The maximum absolute atomic E-state index is 3.94. The van der Waals surface area contributed by atoms with Gasteiger partial charge in [-0.15, -0.1) is 0 Å². The zero-order chi connectivity index (χ0) is 19.5. The van der Waals surface area contributed by atoms with Gasteiger partial charge >= 0.3 is 0 Å². The van der Waals surface area contributed by atoms with Crippen LogP contribution in [0.1, 0.15) is 48.5 Å². The van der Waals surface area contributed by atoms with Gasteiger partial charge in [-0.3, -0.25) is 0 Å². The summed E-state index contributed by atoms with van der Waals surface area (Å²) in [5, 5.41) is 0. The summed E-state index contributed by atoms with van der Waals surface area (Å²) in [5.74, 6) is 0. The molecule has 1 unspecified atom stereocenters. The Morgan fingerprint density at radius 3 is 1.88 bits per heavy atom. The summed E-state index contributed by atoms with van der Waals surface area (Å²) in [7, 11) is -0.167. The van der Waals surface area contributed by atoms with E-state index >= 15 is 0 Å². The Hall–Kier alpha value is -1.99. The molecule has 0 spiro atoms. The van der Waals surface area contributed by atoms with Crippen LogP contribution in [-0.4, -0.2) is 0 Å². The van der Waals surface area contributed by atoms with Crippen molar-refractivity contribution in [2.75, 3.05) is 0 Å². The smallest absolute Gasteiger partial charge is 0.0991 e. The SMILES string of the molecule is C.C=C/C=C\C(=C/C)[S+](/C(C=C)=C/C=C)c1ccccc1.CC.CCC. The first-order valence-corrected chi connectivity index (χ1v) is 10.1. The highest BCUT2D eigenvalue weighted by Crippen LogP contribution is 2.30. The molecule has 0 nitrogen and oxygen atoms in total. The van der Waals surface area contributed by atoms with Crippen molar-refractivity contribution in [1.29, 1.82) is 0 Å². The third-order valence-electron chi connectivity index (χ3n) is 2.61. The summed E-state index contributed by atoms with van der Waals surface area (Å²) in [6, 6.07) is 10.5. The molecule has 0 N–H and O–H groups in total. The molecular formula is C25H39S+. The Morgan fingerprint density at radius 2 is 1.50 bits per heavy atom. The second-order valence-corrected chi connectivity index (χ2v) is 6.65. The minimum Gasteiger partial charge on any atom is -0.0991 e. The lowest BCUT2D eigenvalue weighted by Gasteiger charge is -2.08. The van der Waals surface area contributed by atoms with E-state index in [0.29, 0.717) is 0 Å². The van der Waals surface area contributed by atoms with Crippen molar-refractivity contribution in [3.05, 3.63) is 102 Å². The van der Waals surface area contributed by atoms with Crippen LogP contribution in [0.4, 0.5) is 0 Å². The van der Waals surface area contributed by atoms with Gasteiger partial charge in [0, 0.05) is 0 Å². The first-order valence-electron chi connectivity index (χ1n) is 8.89. The van der Waals surface area contributed by atoms with E-state index in [-0.39, 0.29) is 18.3 Å². The van der Waals surface area contributed by atoms with E-state index in [1.54, 1.807) is 6.08 Å². The molecule has 0 aromatic heterocycles. The van der Waals surface area contributed by atoms with E-state index in [2.05, 4.69) is 76.9 Å². The Balaban J connectivity index is -0.000000796. The van der Waals surface area contributed by atoms with E-state index in [9.17, 15) is 0 Å². The van der Waals surface area contributed by atoms with Gasteiger partial charge in [-0.1, -0.05) is 97.7 Å². The van der Waals surface area contributed by atoms with Gasteiger partial charge < -0.3 is 0 Å². The van der Waals surface area contributed by atoms with Gasteiger partial charge in [0.2, 0.25) is 0 Å². The quantitative estimate of drug-likeness (QED) is 0.332. The maximum atomic E-state index is 3.94. The van der Waals surface area contributed by atoms with E-state index in [1.165, 1.54) is 16.2 Å². The topological polar surface area (TPSA) is 0 Å². The van der Waals surface area contributed by atoms with Gasteiger partial charge in [-0.25, -0.2) is 0 Å². The van der Waals surface area contributed by atoms with Crippen LogP contribution in [0, 0.1) is 0 Å². The molecule has 0 amide bonds. The normalized spacial score (nSPS) is 11.7.